The van der Waals surface area contributed by atoms with Crippen LogP contribution in [0, 0.1) is 0 Å². The van der Waals surface area contributed by atoms with Gasteiger partial charge in [-0.1, -0.05) is 62.7 Å². The summed E-state index contributed by atoms with van der Waals surface area (Å²) >= 11 is 6.27. The lowest BCUT2D eigenvalue weighted by molar-refractivity contribution is -0.136. The van der Waals surface area contributed by atoms with Crippen molar-refractivity contribution in [3.05, 3.63) is 64.7 Å². The zero-order valence-corrected chi connectivity index (χ0v) is 19.2. The molecule has 1 atom stereocenters. The third-order valence-corrected chi connectivity index (χ3v) is 7.47. The molecule has 1 heterocycles. The number of carbonyl (C=O) groups is 1. The Morgan fingerprint density at radius 2 is 1.80 bits per heavy atom. The molecule has 2 aromatic carbocycles. The lowest BCUT2D eigenvalue weighted by Crippen LogP contribution is -2.43. The van der Waals surface area contributed by atoms with Crippen LogP contribution < -0.4 is 4.74 Å². The number of ether oxygens (including phenoxy) is 1. The molecular formula is C23H28ClNO4S. The highest BCUT2D eigenvalue weighted by molar-refractivity contribution is 7.91. The second kappa shape index (κ2) is 8.98. The Morgan fingerprint density at radius 1 is 1.13 bits per heavy atom. The number of hydrogen-bond acceptors (Lipinski definition) is 4. The van der Waals surface area contributed by atoms with Crippen LogP contribution >= 0.6 is 11.6 Å². The summed E-state index contributed by atoms with van der Waals surface area (Å²) in [5.41, 5.74) is 2.00. The van der Waals surface area contributed by atoms with Crippen LogP contribution in [0.1, 0.15) is 38.3 Å². The van der Waals surface area contributed by atoms with Crippen molar-refractivity contribution in [3.8, 4) is 5.75 Å². The topological polar surface area (TPSA) is 63.7 Å². The first-order valence-corrected chi connectivity index (χ1v) is 12.2. The first kappa shape index (κ1) is 22.6. The third-order valence-electron chi connectivity index (χ3n) is 5.35. The van der Waals surface area contributed by atoms with Gasteiger partial charge in [0.15, 0.2) is 16.4 Å². The van der Waals surface area contributed by atoms with E-state index in [1.165, 1.54) is 5.56 Å². The summed E-state index contributed by atoms with van der Waals surface area (Å²) in [6, 6.07) is 14.6. The molecule has 1 amide bonds. The molecular weight excluding hydrogens is 422 g/mol. The normalized spacial score (nSPS) is 18.2. The summed E-state index contributed by atoms with van der Waals surface area (Å²) < 4.78 is 29.7. The number of amides is 1. The number of sulfone groups is 1. The second-order valence-corrected chi connectivity index (χ2v) is 11.4. The third kappa shape index (κ3) is 5.76. The fourth-order valence-electron chi connectivity index (χ4n) is 3.53. The van der Waals surface area contributed by atoms with Gasteiger partial charge in [0.1, 0.15) is 5.75 Å². The molecule has 5 nitrogen and oxygen atoms in total. The van der Waals surface area contributed by atoms with E-state index >= 15 is 0 Å². The Kier molecular flexibility index (Phi) is 6.78. The van der Waals surface area contributed by atoms with Crippen molar-refractivity contribution in [1.29, 1.82) is 0 Å². The van der Waals surface area contributed by atoms with Gasteiger partial charge in [-0.25, -0.2) is 8.42 Å². The Bertz CT molecular complexity index is 997. The van der Waals surface area contributed by atoms with Crippen LogP contribution in [0.15, 0.2) is 48.5 Å². The largest absolute Gasteiger partial charge is 0.484 e. The standard InChI is InChI=1S/C23H28ClNO4S/c1-23(2,3)18-8-10-20(11-9-18)29-15-22(26)25(19-12-13-30(27,28)16-19)14-17-6-4-5-7-21(17)24/h4-11,19H,12-16H2,1-3H3. The van der Waals surface area contributed by atoms with Crippen molar-refractivity contribution in [2.24, 2.45) is 0 Å². The van der Waals surface area contributed by atoms with Crippen molar-refractivity contribution >= 4 is 27.3 Å². The molecule has 1 aliphatic rings. The second-order valence-electron chi connectivity index (χ2n) is 8.73. The number of carbonyl (C=O) groups excluding carboxylic acids is 1. The highest BCUT2D eigenvalue weighted by Crippen LogP contribution is 2.26. The fourth-order valence-corrected chi connectivity index (χ4v) is 5.46. The zero-order chi connectivity index (χ0) is 21.9. The average molecular weight is 450 g/mol. The smallest absolute Gasteiger partial charge is 0.261 e. The van der Waals surface area contributed by atoms with Gasteiger partial charge in [0.2, 0.25) is 0 Å². The van der Waals surface area contributed by atoms with Gasteiger partial charge in [0, 0.05) is 17.6 Å². The van der Waals surface area contributed by atoms with Gasteiger partial charge in [-0.2, -0.15) is 0 Å². The first-order valence-electron chi connectivity index (χ1n) is 10.0. The Morgan fingerprint density at radius 3 is 2.37 bits per heavy atom. The van der Waals surface area contributed by atoms with Crippen LogP contribution in [0.3, 0.4) is 0 Å². The van der Waals surface area contributed by atoms with Crippen molar-refractivity contribution in [1.82, 2.24) is 4.90 Å². The molecule has 0 bridgehead atoms. The molecule has 30 heavy (non-hydrogen) atoms. The summed E-state index contributed by atoms with van der Waals surface area (Å²) in [4.78, 5) is 14.6. The first-order chi connectivity index (χ1) is 14.0. The highest BCUT2D eigenvalue weighted by atomic mass is 35.5. The molecule has 1 unspecified atom stereocenters. The lowest BCUT2D eigenvalue weighted by Gasteiger charge is -2.29. The summed E-state index contributed by atoms with van der Waals surface area (Å²) in [6.07, 6.45) is 0.429. The summed E-state index contributed by atoms with van der Waals surface area (Å²) in [7, 11) is -3.13. The maximum atomic E-state index is 13.0. The molecule has 3 rings (SSSR count). The predicted molar refractivity (Wildman–Crippen MR) is 120 cm³/mol. The minimum Gasteiger partial charge on any atom is -0.484 e. The molecule has 0 spiro atoms. The van der Waals surface area contributed by atoms with E-state index in [-0.39, 0.29) is 42.0 Å². The van der Waals surface area contributed by atoms with Crippen LogP contribution in [-0.4, -0.2) is 43.4 Å². The van der Waals surface area contributed by atoms with Gasteiger partial charge in [-0.3, -0.25) is 4.79 Å². The monoisotopic (exact) mass is 449 g/mol. The van der Waals surface area contributed by atoms with Gasteiger partial charge in [0.05, 0.1) is 11.5 Å². The van der Waals surface area contributed by atoms with Crippen LogP contribution in [0.2, 0.25) is 5.02 Å². The summed E-state index contributed by atoms with van der Waals surface area (Å²) in [5, 5.41) is 0.551. The van der Waals surface area contributed by atoms with Gasteiger partial charge in [-0.05, 0) is 41.2 Å². The van der Waals surface area contributed by atoms with E-state index in [4.69, 9.17) is 16.3 Å². The van der Waals surface area contributed by atoms with E-state index in [1.54, 1.807) is 11.0 Å². The van der Waals surface area contributed by atoms with E-state index in [2.05, 4.69) is 20.8 Å². The van der Waals surface area contributed by atoms with E-state index in [9.17, 15) is 13.2 Å². The summed E-state index contributed by atoms with van der Waals surface area (Å²) in [5.74, 6) is 0.424. The van der Waals surface area contributed by atoms with E-state index in [0.29, 0.717) is 17.2 Å². The van der Waals surface area contributed by atoms with Gasteiger partial charge >= 0.3 is 0 Å². The molecule has 0 N–H and O–H groups in total. The van der Waals surface area contributed by atoms with E-state index < -0.39 is 9.84 Å². The Hall–Kier alpha value is -2.05. The quantitative estimate of drug-likeness (QED) is 0.661. The number of benzene rings is 2. The van der Waals surface area contributed by atoms with Crippen molar-refractivity contribution in [2.45, 2.75) is 45.2 Å². The van der Waals surface area contributed by atoms with Gasteiger partial charge in [0.25, 0.3) is 5.91 Å². The number of rotatable bonds is 6. The van der Waals surface area contributed by atoms with Crippen molar-refractivity contribution in [2.75, 3.05) is 18.1 Å². The number of nitrogens with zero attached hydrogens (tertiary/aromatic N) is 1. The molecule has 0 aromatic heterocycles. The zero-order valence-electron chi connectivity index (χ0n) is 17.6. The average Bonchev–Trinajstić information content (AvgIpc) is 3.04. The molecule has 162 valence electrons. The minimum absolute atomic E-state index is 0.0243. The van der Waals surface area contributed by atoms with Crippen molar-refractivity contribution < 1.29 is 17.9 Å². The minimum atomic E-state index is -3.13. The fraction of sp³-hybridized carbons (Fsp3) is 0.435. The number of halogens is 1. The lowest BCUT2D eigenvalue weighted by atomic mass is 9.87. The van der Waals surface area contributed by atoms with Crippen LogP contribution in [-0.2, 0) is 26.6 Å². The summed E-state index contributed by atoms with van der Waals surface area (Å²) in [6.45, 7) is 6.50. The van der Waals surface area contributed by atoms with Crippen LogP contribution in [0.25, 0.3) is 0 Å². The molecule has 0 aliphatic carbocycles. The molecule has 1 fully saturated rings. The molecule has 0 saturated carbocycles. The molecule has 0 radical (unpaired) electrons. The SMILES string of the molecule is CC(C)(C)c1ccc(OCC(=O)N(Cc2ccccc2Cl)C2CCS(=O)(=O)C2)cc1. The van der Waals surface area contributed by atoms with Crippen LogP contribution in [0.4, 0.5) is 0 Å². The molecule has 1 aliphatic heterocycles. The van der Waals surface area contributed by atoms with Gasteiger partial charge in [-0.15, -0.1) is 0 Å². The molecule has 1 saturated heterocycles. The highest BCUT2D eigenvalue weighted by Gasteiger charge is 2.35. The van der Waals surface area contributed by atoms with E-state index in [0.717, 1.165) is 5.56 Å². The van der Waals surface area contributed by atoms with E-state index in [1.807, 2.05) is 42.5 Å². The molecule has 2 aromatic rings. The van der Waals surface area contributed by atoms with Gasteiger partial charge < -0.3 is 9.64 Å². The maximum absolute atomic E-state index is 13.0. The molecule has 7 heteroatoms. The van der Waals surface area contributed by atoms with Crippen molar-refractivity contribution in [3.63, 3.8) is 0 Å². The van der Waals surface area contributed by atoms with Crippen LogP contribution in [0.5, 0.6) is 5.75 Å². The number of hydrogen-bond donors (Lipinski definition) is 0. The predicted octanol–water partition coefficient (Wildman–Crippen LogP) is 4.23. The Balaban J connectivity index is 1.72. The maximum Gasteiger partial charge on any atom is 0.261 e. The Labute approximate surface area is 183 Å².